The Labute approximate surface area is 184 Å². The number of nitrogens with zero attached hydrogens (tertiary/aromatic N) is 4. The van der Waals surface area contributed by atoms with Crippen molar-refractivity contribution in [1.82, 2.24) is 4.90 Å². The molecule has 1 aromatic carbocycles. The van der Waals surface area contributed by atoms with Crippen molar-refractivity contribution in [1.29, 1.82) is 0 Å². The van der Waals surface area contributed by atoms with Gasteiger partial charge in [0.15, 0.2) is 0 Å². The average molecular weight is 453 g/mol. The van der Waals surface area contributed by atoms with E-state index in [4.69, 9.17) is 15.6 Å². The third kappa shape index (κ3) is 5.68. The van der Waals surface area contributed by atoms with Crippen LogP contribution in [-0.2, 0) is 16.0 Å². The zero-order valence-electron chi connectivity index (χ0n) is 18.1. The highest BCUT2D eigenvalue weighted by Gasteiger charge is 2.39. The van der Waals surface area contributed by atoms with Gasteiger partial charge in [-0.25, -0.2) is 0 Å². The van der Waals surface area contributed by atoms with E-state index in [2.05, 4.69) is 0 Å². The highest BCUT2D eigenvalue weighted by atomic mass is 16.6. The molecule has 2 rings (SSSR count). The molecular weight excluding hydrogens is 426 g/mol. The van der Waals surface area contributed by atoms with Crippen LogP contribution in [0.25, 0.3) is 0 Å². The van der Waals surface area contributed by atoms with Gasteiger partial charge in [-0.15, -0.1) is 0 Å². The number of amides is 1. The number of rotatable bonds is 11. The molecule has 1 heterocycles. The second-order valence-corrected chi connectivity index (χ2v) is 8.04. The fraction of sp³-hybridized carbons (Fsp3) is 0.579. The molecule has 1 aromatic rings. The number of anilines is 1. The van der Waals surface area contributed by atoms with E-state index in [1.165, 1.54) is 0 Å². The SMILES string of the molecule is CC(COc1c([N+](=O)[O-])cc([N+](=O)[O-])c2c1CCN2C(=O)CCC(N)C(=O)O)CN(C)C. The molecule has 13 nitrogen and oxygen atoms in total. The zero-order valence-corrected chi connectivity index (χ0v) is 18.1. The van der Waals surface area contributed by atoms with E-state index in [0.717, 1.165) is 11.0 Å². The molecular formula is C19H27N5O8. The minimum atomic E-state index is -1.26. The van der Waals surface area contributed by atoms with Crippen molar-refractivity contribution in [3.63, 3.8) is 0 Å². The summed E-state index contributed by atoms with van der Waals surface area (Å²) in [5.41, 5.74) is 4.50. The Morgan fingerprint density at radius 2 is 1.91 bits per heavy atom. The Hall–Kier alpha value is -3.32. The summed E-state index contributed by atoms with van der Waals surface area (Å²) in [6.07, 6.45) is -0.255. The van der Waals surface area contributed by atoms with Crippen molar-refractivity contribution in [2.75, 3.05) is 38.7 Å². The molecule has 2 atom stereocenters. The molecule has 1 amide bonds. The third-order valence-corrected chi connectivity index (χ3v) is 5.03. The van der Waals surface area contributed by atoms with Crippen LogP contribution in [0.2, 0.25) is 0 Å². The van der Waals surface area contributed by atoms with Gasteiger partial charge >= 0.3 is 11.7 Å². The number of nitrogens with two attached hydrogens (primary N) is 1. The minimum absolute atomic E-state index is 0.0205. The summed E-state index contributed by atoms with van der Waals surface area (Å²) >= 11 is 0. The van der Waals surface area contributed by atoms with Crippen LogP contribution in [0.3, 0.4) is 0 Å². The Morgan fingerprint density at radius 3 is 2.44 bits per heavy atom. The maximum Gasteiger partial charge on any atom is 0.320 e. The fourth-order valence-corrected chi connectivity index (χ4v) is 3.67. The van der Waals surface area contributed by atoms with Crippen LogP contribution in [0.5, 0.6) is 5.75 Å². The molecule has 0 saturated carbocycles. The molecule has 0 bridgehead atoms. The number of aliphatic carboxylic acids is 1. The lowest BCUT2D eigenvalue weighted by Gasteiger charge is -2.20. The van der Waals surface area contributed by atoms with Crippen molar-refractivity contribution < 1.29 is 29.3 Å². The minimum Gasteiger partial charge on any atom is -0.486 e. The first-order chi connectivity index (χ1) is 14.9. The fourth-order valence-electron chi connectivity index (χ4n) is 3.67. The van der Waals surface area contributed by atoms with Gasteiger partial charge in [0.1, 0.15) is 17.8 Å². The zero-order chi connectivity index (χ0) is 24.2. The number of carboxylic acid groups (broad SMARTS) is 1. The van der Waals surface area contributed by atoms with Crippen molar-refractivity contribution in [3.8, 4) is 5.75 Å². The molecule has 32 heavy (non-hydrogen) atoms. The summed E-state index contributed by atoms with van der Waals surface area (Å²) in [5.74, 6) is -1.88. The molecule has 1 aliphatic heterocycles. The predicted molar refractivity (Wildman–Crippen MR) is 114 cm³/mol. The maximum absolute atomic E-state index is 12.7. The first-order valence-electron chi connectivity index (χ1n) is 9.98. The lowest BCUT2D eigenvalue weighted by atomic mass is 10.1. The van der Waals surface area contributed by atoms with Crippen LogP contribution in [0.1, 0.15) is 25.3 Å². The van der Waals surface area contributed by atoms with Gasteiger partial charge in [-0.1, -0.05) is 6.92 Å². The van der Waals surface area contributed by atoms with Crippen LogP contribution in [0.15, 0.2) is 6.07 Å². The summed E-state index contributed by atoms with van der Waals surface area (Å²) in [6.45, 7) is 2.77. The maximum atomic E-state index is 12.7. The number of benzene rings is 1. The molecule has 2 unspecified atom stereocenters. The number of carboxylic acids is 1. The van der Waals surface area contributed by atoms with E-state index in [-0.39, 0.29) is 55.3 Å². The largest absolute Gasteiger partial charge is 0.486 e. The molecule has 0 fully saturated rings. The third-order valence-electron chi connectivity index (χ3n) is 5.03. The number of carbonyl (C=O) groups is 2. The van der Waals surface area contributed by atoms with Gasteiger partial charge < -0.3 is 25.4 Å². The first kappa shape index (κ1) is 24.9. The highest BCUT2D eigenvalue weighted by molar-refractivity contribution is 5.99. The Kier molecular flexibility index (Phi) is 8.05. The van der Waals surface area contributed by atoms with Crippen molar-refractivity contribution in [2.24, 2.45) is 11.7 Å². The quantitative estimate of drug-likeness (QED) is 0.364. The number of nitro groups is 2. The van der Waals surface area contributed by atoms with Crippen LogP contribution in [0, 0.1) is 26.1 Å². The van der Waals surface area contributed by atoms with Gasteiger partial charge in [-0.05, 0) is 26.9 Å². The molecule has 0 aliphatic carbocycles. The van der Waals surface area contributed by atoms with E-state index in [9.17, 15) is 29.8 Å². The van der Waals surface area contributed by atoms with E-state index in [1.54, 1.807) is 0 Å². The second kappa shape index (κ2) is 10.3. The Balaban J connectivity index is 2.43. The van der Waals surface area contributed by atoms with Crippen LogP contribution in [-0.4, -0.2) is 71.6 Å². The number of hydrogen-bond acceptors (Lipinski definition) is 9. The first-order valence-corrected chi connectivity index (χ1v) is 9.98. The van der Waals surface area contributed by atoms with E-state index in [1.807, 2.05) is 25.9 Å². The summed E-state index contributed by atoms with van der Waals surface area (Å²) in [4.78, 5) is 48.4. The molecule has 0 saturated heterocycles. The molecule has 3 N–H and O–H groups in total. The summed E-state index contributed by atoms with van der Waals surface area (Å²) in [5, 5.41) is 32.2. The second-order valence-electron chi connectivity index (χ2n) is 8.04. The smallest absolute Gasteiger partial charge is 0.320 e. The van der Waals surface area contributed by atoms with Crippen molar-refractivity contribution >= 4 is 28.9 Å². The Morgan fingerprint density at radius 1 is 1.28 bits per heavy atom. The normalized spacial score (nSPS) is 14.7. The van der Waals surface area contributed by atoms with E-state index >= 15 is 0 Å². The molecule has 176 valence electrons. The van der Waals surface area contributed by atoms with Gasteiger partial charge in [-0.2, -0.15) is 0 Å². The van der Waals surface area contributed by atoms with Crippen LogP contribution < -0.4 is 15.4 Å². The van der Waals surface area contributed by atoms with Crippen LogP contribution in [0.4, 0.5) is 17.1 Å². The molecule has 13 heteroatoms. The van der Waals surface area contributed by atoms with Crippen LogP contribution >= 0.6 is 0 Å². The summed E-state index contributed by atoms with van der Waals surface area (Å²) < 4.78 is 5.77. The molecule has 1 aliphatic rings. The number of fused-ring (bicyclic) bond motifs is 1. The van der Waals surface area contributed by atoms with Crippen molar-refractivity contribution in [2.45, 2.75) is 32.2 Å². The van der Waals surface area contributed by atoms with Gasteiger partial charge in [-0.3, -0.25) is 29.8 Å². The topological polar surface area (TPSA) is 182 Å². The van der Waals surface area contributed by atoms with E-state index in [0.29, 0.717) is 6.54 Å². The van der Waals surface area contributed by atoms with Gasteiger partial charge in [0, 0.05) is 31.0 Å². The molecule has 0 spiro atoms. The van der Waals surface area contributed by atoms with E-state index < -0.39 is 39.1 Å². The summed E-state index contributed by atoms with van der Waals surface area (Å²) in [7, 11) is 3.75. The predicted octanol–water partition coefficient (Wildman–Crippen LogP) is 1.16. The number of ether oxygens (including phenoxy) is 1. The van der Waals surface area contributed by atoms with Crippen molar-refractivity contribution in [3.05, 3.63) is 31.9 Å². The lowest BCUT2D eigenvalue weighted by Crippen LogP contribution is -2.34. The van der Waals surface area contributed by atoms with Gasteiger partial charge in [0.25, 0.3) is 5.69 Å². The van der Waals surface area contributed by atoms with Gasteiger partial charge in [0.05, 0.1) is 16.5 Å². The highest BCUT2D eigenvalue weighted by Crippen LogP contribution is 2.48. The standard InChI is InChI=1S/C19H27N5O8/c1-11(9-21(2)3)10-32-18-12-6-7-22(16(25)5-4-13(20)19(26)27)17(12)14(23(28)29)8-15(18)24(30)31/h8,11,13H,4-7,9-10,20H2,1-3H3,(H,26,27). The average Bonchev–Trinajstić information content (AvgIpc) is 3.13. The number of hydrogen-bond donors (Lipinski definition) is 2. The van der Waals surface area contributed by atoms with Gasteiger partial charge in [0.2, 0.25) is 11.7 Å². The number of carbonyl (C=O) groups excluding carboxylic acids is 1. The number of nitro benzene ring substituents is 2. The monoisotopic (exact) mass is 453 g/mol. The summed E-state index contributed by atoms with van der Waals surface area (Å²) in [6, 6.07) is -0.440. The Bertz CT molecular complexity index is 919. The lowest BCUT2D eigenvalue weighted by molar-refractivity contribution is -0.394. The molecule has 0 radical (unpaired) electrons. The molecule has 0 aromatic heterocycles.